The highest BCUT2D eigenvalue weighted by molar-refractivity contribution is 6.44. The van der Waals surface area contributed by atoms with E-state index in [1.165, 1.54) is 4.57 Å². The number of nitrogens with zero attached hydrogens (tertiary/aromatic N) is 3. The molecule has 2 aliphatic carbocycles. The number of para-hydroxylation sites is 2. The zero-order chi connectivity index (χ0) is 30.8. The molecule has 4 aromatic heterocycles. The van der Waals surface area contributed by atoms with Gasteiger partial charge in [0.05, 0.1) is 38.1 Å². The van der Waals surface area contributed by atoms with E-state index < -0.39 is 0 Å². The van der Waals surface area contributed by atoms with Crippen molar-refractivity contribution in [3.05, 3.63) is 79.6 Å². The van der Waals surface area contributed by atoms with Crippen molar-refractivity contribution in [3.8, 4) is 5.88 Å². The second-order valence-corrected chi connectivity index (χ2v) is 13.6. The van der Waals surface area contributed by atoms with Crippen LogP contribution in [0.3, 0.4) is 0 Å². The van der Waals surface area contributed by atoms with Crippen molar-refractivity contribution in [2.75, 3.05) is 0 Å². The number of hydrogen-bond acceptors (Lipinski definition) is 5. The molecule has 2 aliphatic rings. The summed E-state index contributed by atoms with van der Waals surface area (Å²) in [5, 5.41) is 17.9. The van der Waals surface area contributed by atoms with Crippen LogP contribution >= 0.6 is 0 Å². The lowest BCUT2D eigenvalue weighted by Gasteiger charge is -2.27. The van der Waals surface area contributed by atoms with Crippen LogP contribution in [0, 0.1) is 0 Å². The Morgan fingerprint density at radius 3 is 1.89 bits per heavy atom. The Bertz CT molecular complexity index is 2740. The van der Waals surface area contributed by atoms with Gasteiger partial charge < -0.3 is 10.1 Å². The molecule has 0 radical (unpaired) electrons. The average molecular weight is 609 g/mol. The Morgan fingerprint density at radius 1 is 0.587 bits per heavy atom. The van der Waals surface area contributed by atoms with Crippen LogP contribution in [-0.4, -0.2) is 24.2 Å². The Balaban J connectivity index is 1.58. The number of fused-ring (bicyclic) bond motifs is 10. The number of benzene rings is 4. The third-order valence-electron chi connectivity index (χ3n) is 11.2. The number of aromatic hydroxyl groups is 1. The third-order valence-corrected chi connectivity index (χ3v) is 11.2. The number of pyridine rings is 2. The fraction of sp³-hybridized carbons (Fsp3) is 0.316. The lowest BCUT2D eigenvalue weighted by Crippen LogP contribution is -2.37. The van der Waals surface area contributed by atoms with E-state index in [0.717, 1.165) is 80.5 Å². The number of hydrogen-bond donors (Lipinski definition) is 2. The number of rotatable bonds is 2. The van der Waals surface area contributed by atoms with E-state index >= 15 is 0 Å². The molecule has 0 unspecified atom stereocenters. The number of aromatic nitrogens is 4. The maximum atomic E-state index is 14.9. The van der Waals surface area contributed by atoms with Crippen molar-refractivity contribution in [2.24, 2.45) is 0 Å². The van der Waals surface area contributed by atoms with E-state index in [-0.39, 0.29) is 34.6 Å². The normalized spacial score (nSPS) is 17.3. The minimum atomic E-state index is -0.331. The molecule has 0 aliphatic heterocycles. The maximum Gasteiger partial charge on any atom is 0.263 e. The van der Waals surface area contributed by atoms with Gasteiger partial charge in [-0.05, 0) is 37.8 Å². The van der Waals surface area contributed by atoms with E-state index in [2.05, 4.69) is 4.98 Å². The monoisotopic (exact) mass is 608 g/mol. The van der Waals surface area contributed by atoms with Crippen LogP contribution in [0.5, 0.6) is 5.88 Å². The summed E-state index contributed by atoms with van der Waals surface area (Å²) in [7, 11) is 0. The van der Waals surface area contributed by atoms with Gasteiger partial charge in [0.1, 0.15) is 0 Å². The number of H-pyrrole nitrogens is 1. The lowest BCUT2D eigenvalue weighted by atomic mass is 9.88. The fourth-order valence-electron chi connectivity index (χ4n) is 9.23. The predicted molar refractivity (Wildman–Crippen MR) is 184 cm³/mol. The lowest BCUT2D eigenvalue weighted by molar-refractivity contribution is 0.308. The standard InChI is InChI=1S/C38H32N4O4/c43-35-29-25-21-15-7-9-17-23(21)40-34(25)32-28-27(29)31(37(45)41(35)19-11-3-1-4-12-19)33-26(22-16-8-10-18-24(22)39-33)30(28)36(44)42(38(32)46)20-13-5-2-6-14-20/h7-10,15-20,39,46H,1-6,11-14H2. The number of nitrogens with one attached hydrogen (secondary N) is 1. The van der Waals surface area contributed by atoms with E-state index in [9.17, 15) is 19.5 Å². The predicted octanol–water partition coefficient (Wildman–Crippen LogP) is 7.76. The average Bonchev–Trinajstić information content (AvgIpc) is 3.65. The molecule has 4 aromatic carbocycles. The van der Waals surface area contributed by atoms with Crippen molar-refractivity contribution >= 4 is 75.9 Å². The Labute approximate surface area is 261 Å². The van der Waals surface area contributed by atoms with E-state index in [0.29, 0.717) is 59.6 Å². The van der Waals surface area contributed by atoms with Gasteiger partial charge in [-0.25, -0.2) is 4.98 Å². The molecule has 0 bridgehead atoms. The molecule has 46 heavy (non-hydrogen) atoms. The zero-order valence-electron chi connectivity index (χ0n) is 25.4. The molecule has 0 atom stereocenters. The molecular formula is C38H32N4O4. The Hall–Kier alpha value is -4.98. The van der Waals surface area contributed by atoms with Crippen LogP contribution in [0.1, 0.15) is 76.3 Å². The summed E-state index contributed by atoms with van der Waals surface area (Å²) in [4.78, 5) is 53.2. The summed E-state index contributed by atoms with van der Waals surface area (Å²) in [5.74, 6) is -0.122. The zero-order valence-corrected chi connectivity index (χ0v) is 25.4. The van der Waals surface area contributed by atoms with Gasteiger partial charge >= 0.3 is 0 Å². The van der Waals surface area contributed by atoms with Gasteiger partial charge in [0.2, 0.25) is 5.88 Å². The summed E-state index contributed by atoms with van der Waals surface area (Å²) >= 11 is 0. The van der Waals surface area contributed by atoms with Crippen LogP contribution < -0.4 is 16.7 Å². The van der Waals surface area contributed by atoms with Gasteiger partial charge in [-0.1, -0.05) is 74.9 Å². The molecule has 0 spiro atoms. The second kappa shape index (κ2) is 9.28. The summed E-state index contributed by atoms with van der Waals surface area (Å²) < 4.78 is 3.10. The molecule has 10 rings (SSSR count). The van der Waals surface area contributed by atoms with Gasteiger partial charge in [-0.2, -0.15) is 0 Å². The van der Waals surface area contributed by atoms with Crippen molar-refractivity contribution in [3.63, 3.8) is 0 Å². The van der Waals surface area contributed by atoms with Gasteiger partial charge in [0.15, 0.2) is 0 Å². The van der Waals surface area contributed by atoms with Crippen LogP contribution in [0.4, 0.5) is 0 Å². The highest BCUT2D eigenvalue weighted by Crippen LogP contribution is 2.48. The molecule has 8 nitrogen and oxygen atoms in total. The number of aromatic amines is 1. The minimum absolute atomic E-state index is 0.122. The molecule has 4 heterocycles. The minimum Gasteiger partial charge on any atom is -0.494 e. The van der Waals surface area contributed by atoms with Crippen molar-refractivity contribution in [1.82, 2.24) is 19.1 Å². The second-order valence-electron chi connectivity index (χ2n) is 13.6. The van der Waals surface area contributed by atoms with Gasteiger partial charge in [-0.15, -0.1) is 0 Å². The largest absolute Gasteiger partial charge is 0.494 e. The molecule has 0 saturated heterocycles. The first kappa shape index (κ1) is 26.3. The quantitative estimate of drug-likeness (QED) is 0.195. The summed E-state index contributed by atoms with van der Waals surface area (Å²) in [5.41, 5.74) is 1.67. The summed E-state index contributed by atoms with van der Waals surface area (Å²) in [6.45, 7) is 0. The molecule has 8 heteroatoms. The molecule has 0 amide bonds. The first-order valence-corrected chi connectivity index (χ1v) is 16.7. The Morgan fingerprint density at radius 2 is 1.15 bits per heavy atom. The highest BCUT2D eigenvalue weighted by atomic mass is 16.3. The molecule has 2 fully saturated rings. The van der Waals surface area contributed by atoms with E-state index in [1.807, 2.05) is 48.5 Å². The summed E-state index contributed by atoms with van der Waals surface area (Å²) in [6.07, 6.45) is 9.24. The third kappa shape index (κ3) is 3.19. The molecule has 8 aromatic rings. The SMILES string of the molecule is O=c1c2c3c4ccccc4[nH]c3c3c(=O)n(C4CCCCC4)c(=O)c4c5c6ccccc6nc5c(c(O)n1C1CCCCC1)c2c34. The van der Waals surface area contributed by atoms with Crippen LogP contribution in [-0.2, 0) is 0 Å². The smallest absolute Gasteiger partial charge is 0.263 e. The van der Waals surface area contributed by atoms with Crippen LogP contribution in [0.2, 0.25) is 0 Å². The van der Waals surface area contributed by atoms with Gasteiger partial charge in [0, 0.05) is 49.9 Å². The van der Waals surface area contributed by atoms with Crippen molar-refractivity contribution in [2.45, 2.75) is 76.3 Å². The molecule has 228 valence electrons. The van der Waals surface area contributed by atoms with Crippen molar-refractivity contribution in [1.29, 1.82) is 0 Å². The van der Waals surface area contributed by atoms with Crippen LogP contribution in [0.15, 0.2) is 62.9 Å². The topological polar surface area (TPSA) is 110 Å². The highest BCUT2D eigenvalue weighted by Gasteiger charge is 2.33. The first-order valence-electron chi connectivity index (χ1n) is 16.7. The van der Waals surface area contributed by atoms with Crippen molar-refractivity contribution < 1.29 is 5.11 Å². The van der Waals surface area contributed by atoms with E-state index in [4.69, 9.17) is 4.98 Å². The molecular weight excluding hydrogens is 576 g/mol. The van der Waals surface area contributed by atoms with Crippen LogP contribution in [0.25, 0.3) is 75.9 Å². The Kier molecular flexibility index (Phi) is 5.30. The van der Waals surface area contributed by atoms with E-state index in [1.54, 1.807) is 4.57 Å². The van der Waals surface area contributed by atoms with Gasteiger partial charge in [-0.3, -0.25) is 23.5 Å². The maximum absolute atomic E-state index is 14.9. The first-order chi connectivity index (χ1) is 22.5. The van der Waals surface area contributed by atoms with Gasteiger partial charge in [0.25, 0.3) is 16.7 Å². The fourth-order valence-corrected chi connectivity index (χ4v) is 9.23. The molecule has 2 N–H and O–H groups in total. The summed E-state index contributed by atoms with van der Waals surface area (Å²) in [6, 6.07) is 15.2. The molecule has 2 saturated carbocycles.